The molecule has 2 nitrogen and oxygen atoms in total. The summed E-state index contributed by atoms with van der Waals surface area (Å²) in [6, 6.07) is 53.4. The van der Waals surface area contributed by atoms with Gasteiger partial charge in [0.05, 0.1) is 5.41 Å². The second-order valence-corrected chi connectivity index (χ2v) is 14.0. The van der Waals surface area contributed by atoms with Crippen molar-refractivity contribution in [3.8, 4) is 44.9 Å². The van der Waals surface area contributed by atoms with Crippen LogP contribution in [0.25, 0.3) is 55.3 Å². The van der Waals surface area contributed by atoms with Crippen LogP contribution >= 0.6 is 0 Å². The second kappa shape index (κ2) is 8.93. The fourth-order valence-corrected chi connectivity index (χ4v) is 9.17. The van der Waals surface area contributed by atoms with Gasteiger partial charge in [0.15, 0.2) is 11.3 Å². The van der Waals surface area contributed by atoms with Crippen molar-refractivity contribution in [3.05, 3.63) is 179 Å². The van der Waals surface area contributed by atoms with E-state index in [1.54, 1.807) is 0 Å². The number of hydrogen-bond acceptors (Lipinski definition) is 2. The van der Waals surface area contributed by atoms with Crippen LogP contribution in [0.3, 0.4) is 0 Å². The maximum atomic E-state index is 6.72. The van der Waals surface area contributed by atoms with Gasteiger partial charge in [-0.15, -0.1) is 0 Å². The summed E-state index contributed by atoms with van der Waals surface area (Å²) in [4.78, 5) is 0. The van der Waals surface area contributed by atoms with Gasteiger partial charge in [-0.3, -0.25) is 0 Å². The Hall–Kier alpha value is -5.86. The van der Waals surface area contributed by atoms with Gasteiger partial charge in [0, 0.05) is 27.3 Å². The lowest BCUT2D eigenvalue weighted by molar-refractivity contribution is 0.415. The van der Waals surface area contributed by atoms with Gasteiger partial charge in [-0.2, -0.15) is 0 Å². The van der Waals surface area contributed by atoms with Gasteiger partial charge >= 0.3 is 0 Å². The van der Waals surface area contributed by atoms with Gasteiger partial charge in [0.2, 0.25) is 0 Å². The Labute approximate surface area is 278 Å². The SMILES string of the molecule is CC1(C)c2cc(-c3ccc4c(c3)C3(c5ccccc5-c5ccccc53)c3ccccc3-4)ccc2Oc2c1ccc1c2oc2ccccc21. The first kappa shape index (κ1) is 26.2. The molecule has 3 aliphatic rings. The molecular weight excluding hydrogens is 585 g/mol. The minimum absolute atomic E-state index is 0.288. The maximum Gasteiger partial charge on any atom is 0.178 e. The van der Waals surface area contributed by atoms with E-state index in [0.29, 0.717) is 0 Å². The van der Waals surface area contributed by atoms with E-state index in [2.05, 4.69) is 147 Å². The predicted octanol–water partition coefficient (Wildman–Crippen LogP) is 12.0. The van der Waals surface area contributed by atoms with Crippen molar-refractivity contribution in [2.45, 2.75) is 24.7 Å². The van der Waals surface area contributed by atoms with Crippen LogP contribution in [0.4, 0.5) is 0 Å². The van der Waals surface area contributed by atoms with Gasteiger partial charge in [-0.25, -0.2) is 0 Å². The van der Waals surface area contributed by atoms with Crippen LogP contribution in [-0.2, 0) is 10.8 Å². The van der Waals surface area contributed by atoms with Crippen molar-refractivity contribution in [2.75, 3.05) is 0 Å². The molecule has 226 valence electrons. The maximum absolute atomic E-state index is 6.72. The highest BCUT2D eigenvalue weighted by molar-refractivity contribution is 6.07. The quantitative estimate of drug-likeness (QED) is 0.184. The van der Waals surface area contributed by atoms with E-state index in [-0.39, 0.29) is 10.8 Å². The molecule has 0 atom stereocenters. The van der Waals surface area contributed by atoms with Gasteiger partial charge in [-0.1, -0.05) is 129 Å². The molecule has 2 aliphatic carbocycles. The molecule has 0 saturated heterocycles. The van der Waals surface area contributed by atoms with Crippen molar-refractivity contribution in [1.82, 2.24) is 0 Å². The lowest BCUT2D eigenvalue weighted by Crippen LogP contribution is -2.26. The molecule has 0 unspecified atom stereocenters. The first-order valence-corrected chi connectivity index (χ1v) is 16.8. The number of rotatable bonds is 1. The van der Waals surface area contributed by atoms with Crippen LogP contribution in [-0.4, -0.2) is 0 Å². The van der Waals surface area contributed by atoms with E-state index in [1.165, 1.54) is 61.2 Å². The average Bonchev–Trinajstić information content (AvgIpc) is 3.76. The lowest BCUT2D eigenvalue weighted by Gasteiger charge is -2.35. The summed E-state index contributed by atoms with van der Waals surface area (Å²) in [5.41, 5.74) is 16.5. The second-order valence-electron chi connectivity index (χ2n) is 14.0. The number of benzene rings is 7. The van der Waals surface area contributed by atoms with Crippen LogP contribution in [0.5, 0.6) is 11.5 Å². The van der Waals surface area contributed by atoms with E-state index in [9.17, 15) is 0 Å². The molecule has 8 aromatic rings. The minimum atomic E-state index is -0.359. The molecular formula is C46H30O2. The third-order valence-corrected chi connectivity index (χ3v) is 11.4. The zero-order valence-corrected chi connectivity index (χ0v) is 26.7. The van der Waals surface area contributed by atoms with Crippen LogP contribution in [0, 0.1) is 0 Å². The molecule has 0 amide bonds. The van der Waals surface area contributed by atoms with E-state index in [0.717, 1.165) is 39.0 Å². The fraction of sp³-hybridized carbons (Fsp3) is 0.0870. The molecule has 1 spiro atoms. The number of ether oxygens (including phenoxy) is 1. The van der Waals surface area contributed by atoms with Gasteiger partial charge in [0.1, 0.15) is 11.3 Å². The molecule has 1 aliphatic heterocycles. The Kier molecular flexibility index (Phi) is 4.88. The fourth-order valence-electron chi connectivity index (χ4n) is 9.17. The van der Waals surface area contributed by atoms with E-state index in [1.807, 2.05) is 12.1 Å². The van der Waals surface area contributed by atoms with Crippen LogP contribution in [0.15, 0.2) is 150 Å². The Bertz CT molecular complexity index is 2620. The zero-order valence-electron chi connectivity index (χ0n) is 26.7. The molecule has 7 aromatic carbocycles. The Balaban J connectivity index is 1.10. The summed E-state index contributed by atoms with van der Waals surface area (Å²) < 4.78 is 13.1. The zero-order chi connectivity index (χ0) is 31.8. The van der Waals surface area contributed by atoms with E-state index >= 15 is 0 Å². The summed E-state index contributed by atoms with van der Waals surface area (Å²) in [5.74, 6) is 1.71. The Morgan fingerprint density at radius 1 is 0.438 bits per heavy atom. The minimum Gasteiger partial charge on any atom is -0.453 e. The smallest absolute Gasteiger partial charge is 0.178 e. The molecule has 1 aromatic heterocycles. The summed E-state index contributed by atoms with van der Waals surface area (Å²) in [5, 5.41) is 2.20. The molecule has 48 heavy (non-hydrogen) atoms. The molecule has 0 saturated carbocycles. The van der Waals surface area contributed by atoms with Gasteiger partial charge in [-0.05, 0) is 86.0 Å². The Morgan fingerprint density at radius 3 is 1.69 bits per heavy atom. The third kappa shape index (κ3) is 3.09. The van der Waals surface area contributed by atoms with Crippen molar-refractivity contribution in [1.29, 1.82) is 0 Å². The largest absolute Gasteiger partial charge is 0.453 e. The normalized spacial score (nSPS) is 15.4. The highest BCUT2D eigenvalue weighted by atomic mass is 16.5. The van der Waals surface area contributed by atoms with Crippen molar-refractivity contribution >= 4 is 21.9 Å². The van der Waals surface area contributed by atoms with Crippen molar-refractivity contribution in [3.63, 3.8) is 0 Å². The topological polar surface area (TPSA) is 22.4 Å². The number of furan rings is 1. The first-order valence-electron chi connectivity index (χ1n) is 16.8. The van der Waals surface area contributed by atoms with Crippen LogP contribution in [0.1, 0.15) is 47.2 Å². The molecule has 0 radical (unpaired) electrons. The summed E-state index contributed by atoms with van der Waals surface area (Å²) >= 11 is 0. The first-order chi connectivity index (χ1) is 23.5. The van der Waals surface area contributed by atoms with Crippen molar-refractivity contribution in [2.24, 2.45) is 0 Å². The van der Waals surface area contributed by atoms with Crippen LogP contribution < -0.4 is 4.74 Å². The average molecular weight is 615 g/mol. The Morgan fingerprint density at radius 2 is 1.00 bits per heavy atom. The molecule has 0 fully saturated rings. The highest BCUT2D eigenvalue weighted by Crippen LogP contribution is 2.63. The predicted molar refractivity (Wildman–Crippen MR) is 194 cm³/mol. The summed E-state index contributed by atoms with van der Waals surface area (Å²) in [7, 11) is 0. The summed E-state index contributed by atoms with van der Waals surface area (Å²) in [6.07, 6.45) is 0. The molecule has 0 bridgehead atoms. The molecule has 2 heterocycles. The molecule has 2 heteroatoms. The van der Waals surface area contributed by atoms with E-state index in [4.69, 9.17) is 9.15 Å². The molecule has 11 rings (SSSR count). The number of fused-ring (bicyclic) bond motifs is 16. The van der Waals surface area contributed by atoms with Crippen LogP contribution in [0.2, 0.25) is 0 Å². The third-order valence-electron chi connectivity index (χ3n) is 11.4. The standard InChI is InChI=1S/C46H30O2/c1-45(2)38-23-22-34-33-14-6-10-18-41(33)47-43(34)44(38)48-42-24-20-28(26-40(42)45)27-19-21-32-31-13-5-9-17-37(31)46(39(32)25-27)35-15-7-3-11-29(35)30-12-4-8-16-36(30)46/h3-26H,1-2H3. The van der Waals surface area contributed by atoms with Crippen molar-refractivity contribution < 1.29 is 9.15 Å². The number of para-hydroxylation sites is 1. The van der Waals surface area contributed by atoms with Gasteiger partial charge < -0.3 is 9.15 Å². The summed E-state index contributed by atoms with van der Waals surface area (Å²) in [6.45, 7) is 4.60. The van der Waals surface area contributed by atoms with Gasteiger partial charge in [0.25, 0.3) is 0 Å². The van der Waals surface area contributed by atoms with E-state index < -0.39 is 0 Å². The monoisotopic (exact) mass is 614 g/mol. The highest BCUT2D eigenvalue weighted by Gasteiger charge is 2.51. The number of hydrogen-bond donors (Lipinski definition) is 0. The molecule has 0 N–H and O–H groups in total. The lowest BCUT2D eigenvalue weighted by atomic mass is 9.70.